The summed E-state index contributed by atoms with van der Waals surface area (Å²) >= 11 is 3.37. The van der Waals surface area contributed by atoms with Gasteiger partial charge in [0.15, 0.2) is 0 Å². The molecule has 0 bridgehead atoms. The van der Waals surface area contributed by atoms with Crippen molar-refractivity contribution in [3.05, 3.63) is 34.6 Å². The number of benzene rings is 1. The van der Waals surface area contributed by atoms with Crippen molar-refractivity contribution in [1.82, 2.24) is 10.1 Å². The third-order valence-corrected chi connectivity index (χ3v) is 4.38. The van der Waals surface area contributed by atoms with Crippen LogP contribution in [0.1, 0.15) is 26.7 Å². The first-order valence-corrected chi connectivity index (χ1v) is 7.44. The second-order valence-corrected chi connectivity index (χ2v) is 6.49. The zero-order valence-electron chi connectivity index (χ0n) is 12.1. The zero-order valence-corrected chi connectivity index (χ0v) is 13.7. The number of hydrogen-bond acceptors (Lipinski definition) is 4. The molecule has 1 N–H and O–H groups in total. The molecule has 1 atom stereocenters. The van der Waals surface area contributed by atoms with Crippen LogP contribution in [-0.4, -0.2) is 21.2 Å². The van der Waals surface area contributed by atoms with E-state index in [1.807, 2.05) is 38.1 Å². The number of carbonyl (C=O) groups is 1. The lowest BCUT2D eigenvalue weighted by atomic mass is 9.76. The average Bonchev–Trinajstić information content (AvgIpc) is 2.87. The molecule has 1 heterocycles. The molecule has 1 aromatic heterocycles. The Hall–Kier alpha value is -1.69. The van der Waals surface area contributed by atoms with E-state index in [9.17, 15) is 9.90 Å². The summed E-state index contributed by atoms with van der Waals surface area (Å²) in [6.45, 7) is 5.45. The summed E-state index contributed by atoms with van der Waals surface area (Å²) in [7, 11) is 0. The highest BCUT2D eigenvalue weighted by Crippen LogP contribution is 2.31. The largest absolute Gasteiger partial charge is 0.481 e. The first kappa shape index (κ1) is 15.7. The molecule has 6 heteroatoms. The van der Waals surface area contributed by atoms with Crippen LogP contribution in [0, 0.1) is 11.3 Å². The number of halogens is 1. The highest BCUT2D eigenvalue weighted by Gasteiger charge is 2.38. The molecule has 0 spiro atoms. The lowest BCUT2D eigenvalue weighted by Crippen LogP contribution is -2.35. The first-order chi connectivity index (χ1) is 9.83. The summed E-state index contributed by atoms with van der Waals surface area (Å²) in [4.78, 5) is 15.8. The van der Waals surface area contributed by atoms with E-state index in [4.69, 9.17) is 4.52 Å². The molecule has 0 aliphatic rings. The van der Waals surface area contributed by atoms with Gasteiger partial charge in [0.2, 0.25) is 11.7 Å². The van der Waals surface area contributed by atoms with Crippen LogP contribution in [-0.2, 0) is 11.2 Å². The molecular weight excluding hydrogens is 336 g/mol. The lowest BCUT2D eigenvalue weighted by molar-refractivity contribution is -0.150. The molecule has 0 amide bonds. The zero-order chi connectivity index (χ0) is 15.6. The highest BCUT2D eigenvalue weighted by atomic mass is 79.9. The van der Waals surface area contributed by atoms with Crippen molar-refractivity contribution in [3.8, 4) is 11.4 Å². The van der Waals surface area contributed by atoms with Gasteiger partial charge in [0.25, 0.3) is 0 Å². The van der Waals surface area contributed by atoms with Gasteiger partial charge in [0, 0.05) is 16.5 Å². The number of hydrogen-bond donors (Lipinski definition) is 1. The Kier molecular flexibility index (Phi) is 4.46. The predicted molar refractivity (Wildman–Crippen MR) is 81.7 cm³/mol. The summed E-state index contributed by atoms with van der Waals surface area (Å²) in [5.74, 6) is -0.0977. The topological polar surface area (TPSA) is 76.2 Å². The van der Waals surface area contributed by atoms with Crippen molar-refractivity contribution in [2.24, 2.45) is 11.3 Å². The van der Waals surface area contributed by atoms with Crippen LogP contribution in [0.2, 0.25) is 0 Å². The lowest BCUT2D eigenvalue weighted by Gasteiger charge is -2.27. The van der Waals surface area contributed by atoms with Gasteiger partial charge in [0.1, 0.15) is 0 Å². The van der Waals surface area contributed by atoms with Crippen LogP contribution >= 0.6 is 15.9 Å². The summed E-state index contributed by atoms with van der Waals surface area (Å²) in [6.07, 6.45) is 0.212. The second-order valence-electron chi connectivity index (χ2n) is 5.57. The molecule has 0 saturated heterocycles. The molecule has 21 heavy (non-hydrogen) atoms. The number of carboxylic acid groups (broad SMARTS) is 1. The van der Waals surface area contributed by atoms with Gasteiger partial charge in [-0.3, -0.25) is 4.79 Å². The Morgan fingerprint density at radius 2 is 2.00 bits per heavy atom. The molecule has 0 aliphatic carbocycles. The number of nitrogens with zero attached hydrogens (tertiary/aromatic N) is 2. The second kappa shape index (κ2) is 5.97. The van der Waals surface area contributed by atoms with Crippen molar-refractivity contribution in [1.29, 1.82) is 0 Å². The average molecular weight is 353 g/mol. The molecule has 0 aliphatic heterocycles. The molecule has 112 valence electrons. The Morgan fingerprint density at radius 3 is 2.52 bits per heavy atom. The summed E-state index contributed by atoms with van der Waals surface area (Å²) < 4.78 is 6.18. The maximum absolute atomic E-state index is 11.5. The summed E-state index contributed by atoms with van der Waals surface area (Å²) in [6, 6.07) is 7.52. The molecule has 1 unspecified atom stereocenters. The Balaban J connectivity index is 2.24. The standard InChI is InChI=1S/C15H17BrN2O3/c1-9(2)15(3,14(19)20)8-12-17-13(18-21-12)10-4-6-11(16)7-5-10/h4-7,9H,8H2,1-3H3,(H,19,20). The van der Waals surface area contributed by atoms with Gasteiger partial charge in [-0.15, -0.1) is 0 Å². The fourth-order valence-electron chi connectivity index (χ4n) is 1.88. The molecule has 2 aromatic rings. The van der Waals surface area contributed by atoms with Gasteiger partial charge in [0.05, 0.1) is 5.41 Å². The van der Waals surface area contributed by atoms with E-state index in [0.717, 1.165) is 10.0 Å². The van der Waals surface area contributed by atoms with E-state index in [1.54, 1.807) is 6.92 Å². The van der Waals surface area contributed by atoms with Crippen molar-refractivity contribution in [2.75, 3.05) is 0 Å². The van der Waals surface area contributed by atoms with Crippen molar-refractivity contribution < 1.29 is 14.4 Å². The molecule has 0 saturated carbocycles. The van der Waals surface area contributed by atoms with E-state index in [-0.39, 0.29) is 12.3 Å². The van der Waals surface area contributed by atoms with Crippen LogP contribution in [0.4, 0.5) is 0 Å². The molecular formula is C15H17BrN2O3. The van der Waals surface area contributed by atoms with E-state index in [2.05, 4.69) is 26.1 Å². The molecule has 1 aromatic carbocycles. The Morgan fingerprint density at radius 1 is 1.38 bits per heavy atom. The minimum absolute atomic E-state index is 0.0435. The van der Waals surface area contributed by atoms with Crippen LogP contribution in [0.25, 0.3) is 11.4 Å². The quantitative estimate of drug-likeness (QED) is 0.885. The van der Waals surface area contributed by atoms with Crippen LogP contribution in [0.3, 0.4) is 0 Å². The van der Waals surface area contributed by atoms with Gasteiger partial charge >= 0.3 is 5.97 Å². The van der Waals surface area contributed by atoms with Crippen LogP contribution < -0.4 is 0 Å². The Labute approximate surface area is 131 Å². The van der Waals surface area contributed by atoms with E-state index < -0.39 is 11.4 Å². The number of aliphatic carboxylic acids is 1. The van der Waals surface area contributed by atoms with E-state index in [1.165, 1.54) is 0 Å². The van der Waals surface area contributed by atoms with Crippen molar-refractivity contribution >= 4 is 21.9 Å². The van der Waals surface area contributed by atoms with Crippen molar-refractivity contribution in [2.45, 2.75) is 27.2 Å². The maximum Gasteiger partial charge on any atom is 0.310 e. The van der Waals surface area contributed by atoms with Gasteiger partial charge in [-0.25, -0.2) is 0 Å². The SMILES string of the molecule is CC(C)C(C)(Cc1nc(-c2ccc(Br)cc2)no1)C(=O)O. The van der Waals surface area contributed by atoms with Gasteiger partial charge in [-0.1, -0.05) is 34.9 Å². The van der Waals surface area contributed by atoms with Crippen LogP contribution in [0.5, 0.6) is 0 Å². The number of carboxylic acids is 1. The highest BCUT2D eigenvalue weighted by molar-refractivity contribution is 9.10. The smallest absolute Gasteiger partial charge is 0.310 e. The van der Waals surface area contributed by atoms with Gasteiger partial charge in [-0.2, -0.15) is 4.98 Å². The fraction of sp³-hybridized carbons (Fsp3) is 0.400. The fourth-order valence-corrected chi connectivity index (χ4v) is 2.15. The molecule has 0 fully saturated rings. The summed E-state index contributed by atoms with van der Waals surface area (Å²) in [5, 5.41) is 13.3. The normalized spacial score (nSPS) is 14.1. The number of rotatable bonds is 5. The summed E-state index contributed by atoms with van der Waals surface area (Å²) in [5.41, 5.74) is -0.0986. The van der Waals surface area contributed by atoms with Gasteiger partial charge in [-0.05, 0) is 37.1 Å². The predicted octanol–water partition coefficient (Wildman–Crippen LogP) is 3.79. The molecule has 2 rings (SSSR count). The third-order valence-electron chi connectivity index (χ3n) is 3.85. The van der Waals surface area contributed by atoms with Crippen LogP contribution in [0.15, 0.2) is 33.3 Å². The first-order valence-electron chi connectivity index (χ1n) is 6.65. The third kappa shape index (κ3) is 3.32. The Bertz CT molecular complexity index is 637. The van der Waals surface area contributed by atoms with E-state index in [0.29, 0.717) is 11.7 Å². The monoisotopic (exact) mass is 352 g/mol. The minimum atomic E-state index is -0.927. The van der Waals surface area contributed by atoms with E-state index >= 15 is 0 Å². The number of aromatic nitrogens is 2. The van der Waals surface area contributed by atoms with Gasteiger partial charge < -0.3 is 9.63 Å². The maximum atomic E-state index is 11.5. The minimum Gasteiger partial charge on any atom is -0.481 e. The van der Waals surface area contributed by atoms with Crippen molar-refractivity contribution in [3.63, 3.8) is 0 Å². The molecule has 5 nitrogen and oxygen atoms in total. The molecule has 0 radical (unpaired) electrons.